The van der Waals surface area contributed by atoms with E-state index in [0.29, 0.717) is 0 Å². The Morgan fingerprint density at radius 2 is 1.92 bits per heavy atom. The molecule has 2 rings (SSSR count). The van der Waals surface area contributed by atoms with Gasteiger partial charge in [0.15, 0.2) is 0 Å². The van der Waals surface area contributed by atoms with E-state index in [1.807, 2.05) is 47.2 Å². The zero-order valence-electron chi connectivity index (χ0n) is 6.37. The average molecular weight is 177 g/mol. The predicted molar refractivity (Wildman–Crippen MR) is 49.6 cm³/mol. The molecule has 0 atom stereocenters. The summed E-state index contributed by atoms with van der Waals surface area (Å²) in [5, 5.41) is 0.755. The third kappa shape index (κ3) is 1.36. The Bertz CT molecular complexity index is 348. The van der Waals surface area contributed by atoms with Gasteiger partial charge in [0.05, 0.1) is 6.20 Å². The number of halogens is 1. The lowest BCUT2D eigenvalue weighted by Crippen LogP contribution is -1.87. The summed E-state index contributed by atoms with van der Waals surface area (Å²) in [6.45, 7) is 0. The lowest BCUT2D eigenvalue weighted by Gasteiger charge is -2.00. The molecular weight excluding hydrogens is 170 g/mol. The first-order valence-corrected chi connectivity index (χ1v) is 4.05. The van der Waals surface area contributed by atoms with E-state index in [9.17, 15) is 0 Å². The van der Waals surface area contributed by atoms with Gasteiger partial charge >= 0.3 is 0 Å². The molecule has 1 aromatic heterocycles. The van der Waals surface area contributed by atoms with Crippen LogP contribution in [0.15, 0.2) is 42.6 Å². The molecule has 0 N–H and O–H groups in total. The van der Waals surface area contributed by atoms with Crippen molar-refractivity contribution in [3.8, 4) is 5.69 Å². The van der Waals surface area contributed by atoms with Crippen LogP contribution in [0.2, 0.25) is 5.02 Å². The highest BCUT2D eigenvalue weighted by Gasteiger charge is 1.93. The maximum atomic E-state index is 5.75. The molecular formula is C10H7ClN. The van der Waals surface area contributed by atoms with Crippen molar-refractivity contribution in [1.29, 1.82) is 0 Å². The van der Waals surface area contributed by atoms with E-state index < -0.39 is 0 Å². The Morgan fingerprint density at radius 1 is 1.17 bits per heavy atom. The van der Waals surface area contributed by atoms with Gasteiger partial charge in [0, 0.05) is 16.9 Å². The van der Waals surface area contributed by atoms with Crippen molar-refractivity contribution in [3.63, 3.8) is 0 Å². The summed E-state index contributed by atoms with van der Waals surface area (Å²) in [5.41, 5.74) is 1.07. The first kappa shape index (κ1) is 7.44. The van der Waals surface area contributed by atoms with Crippen molar-refractivity contribution in [3.05, 3.63) is 53.8 Å². The molecule has 0 bridgehead atoms. The second kappa shape index (κ2) is 3.03. The first-order valence-electron chi connectivity index (χ1n) is 3.67. The number of nitrogens with zero attached hydrogens (tertiary/aromatic N) is 1. The molecule has 59 valence electrons. The zero-order valence-corrected chi connectivity index (χ0v) is 7.12. The van der Waals surface area contributed by atoms with Gasteiger partial charge in [0.1, 0.15) is 0 Å². The zero-order chi connectivity index (χ0) is 8.39. The Labute approximate surface area is 76.2 Å². The molecule has 0 saturated carbocycles. The van der Waals surface area contributed by atoms with Crippen LogP contribution >= 0.6 is 11.6 Å². The Morgan fingerprint density at radius 3 is 2.50 bits per heavy atom. The maximum Gasteiger partial charge on any atom is 0.0697 e. The molecule has 0 fully saturated rings. The van der Waals surface area contributed by atoms with Gasteiger partial charge in [0.25, 0.3) is 0 Å². The van der Waals surface area contributed by atoms with E-state index in [2.05, 4.69) is 6.20 Å². The van der Waals surface area contributed by atoms with Gasteiger partial charge in [-0.2, -0.15) is 0 Å². The van der Waals surface area contributed by atoms with Crippen LogP contribution in [-0.4, -0.2) is 4.57 Å². The van der Waals surface area contributed by atoms with Gasteiger partial charge in [-0.15, -0.1) is 0 Å². The molecule has 0 unspecified atom stereocenters. The van der Waals surface area contributed by atoms with Gasteiger partial charge in [-0.05, 0) is 36.4 Å². The van der Waals surface area contributed by atoms with Crippen LogP contribution in [0.4, 0.5) is 0 Å². The molecule has 0 saturated heterocycles. The molecule has 1 heterocycles. The number of rotatable bonds is 1. The van der Waals surface area contributed by atoms with Crippen LogP contribution < -0.4 is 0 Å². The van der Waals surface area contributed by atoms with E-state index in [1.54, 1.807) is 0 Å². The van der Waals surface area contributed by atoms with E-state index in [0.717, 1.165) is 10.7 Å². The lowest BCUT2D eigenvalue weighted by atomic mass is 10.3. The van der Waals surface area contributed by atoms with Crippen LogP contribution in [0.25, 0.3) is 5.69 Å². The normalized spacial score (nSPS) is 10.1. The van der Waals surface area contributed by atoms with Crippen molar-refractivity contribution in [2.24, 2.45) is 0 Å². The minimum atomic E-state index is 0.755. The molecule has 0 spiro atoms. The molecule has 0 aliphatic carbocycles. The molecule has 2 aromatic rings. The van der Waals surface area contributed by atoms with Crippen molar-refractivity contribution in [2.45, 2.75) is 0 Å². The van der Waals surface area contributed by atoms with Crippen LogP contribution in [0.3, 0.4) is 0 Å². The van der Waals surface area contributed by atoms with Gasteiger partial charge in [-0.1, -0.05) is 11.6 Å². The molecule has 2 heteroatoms. The average Bonchev–Trinajstić information content (AvgIpc) is 2.58. The first-order chi connectivity index (χ1) is 5.86. The minimum absolute atomic E-state index is 0.755. The fourth-order valence-corrected chi connectivity index (χ4v) is 1.18. The fraction of sp³-hybridized carbons (Fsp3) is 0. The highest BCUT2D eigenvalue weighted by molar-refractivity contribution is 6.30. The van der Waals surface area contributed by atoms with E-state index in [4.69, 9.17) is 11.6 Å². The fourth-order valence-electron chi connectivity index (χ4n) is 1.06. The predicted octanol–water partition coefficient (Wildman–Crippen LogP) is 2.93. The number of benzene rings is 1. The highest BCUT2D eigenvalue weighted by atomic mass is 35.5. The largest absolute Gasteiger partial charge is 0.315 e. The Balaban J connectivity index is 2.43. The topological polar surface area (TPSA) is 4.93 Å². The lowest BCUT2D eigenvalue weighted by molar-refractivity contribution is 1.07. The number of hydrogen-bond acceptors (Lipinski definition) is 0. The molecule has 0 amide bonds. The van der Waals surface area contributed by atoms with E-state index >= 15 is 0 Å². The van der Waals surface area contributed by atoms with Crippen LogP contribution in [-0.2, 0) is 0 Å². The summed E-state index contributed by atoms with van der Waals surface area (Å²) in [4.78, 5) is 0. The van der Waals surface area contributed by atoms with Crippen molar-refractivity contribution < 1.29 is 0 Å². The third-order valence-corrected chi connectivity index (χ3v) is 1.90. The quantitative estimate of drug-likeness (QED) is 0.630. The van der Waals surface area contributed by atoms with E-state index in [1.165, 1.54) is 0 Å². The van der Waals surface area contributed by atoms with Crippen molar-refractivity contribution >= 4 is 11.6 Å². The second-order valence-electron chi connectivity index (χ2n) is 2.48. The molecule has 1 nitrogen and oxygen atoms in total. The summed E-state index contributed by atoms with van der Waals surface area (Å²) in [6.07, 6.45) is 4.99. The van der Waals surface area contributed by atoms with Gasteiger partial charge in [-0.25, -0.2) is 0 Å². The van der Waals surface area contributed by atoms with Crippen LogP contribution in [0.5, 0.6) is 0 Å². The van der Waals surface area contributed by atoms with Gasteiger partial charge < -0.3 is 4.57 Å². The summed E-state index contributed by atoms with van der Waals surface area (Å²) in [7, 11) is 0. The highest BCUT2D eigenvalue weighted by Crippen LogP contribution is 2.12. The third-order valence-electron chi connectivity index (χ3n) is 1.65. The van der Waals surface area contributed by atoms with Gasteiger partial charge in [-0.3, -0.25) is 0 Å². The standard InChI is InChI=1S/C10H7ClN/c11-9-3-5-10(6-4-9)12-7-1-2-8-12/h1-7H. The second-order valence-corrected chi connectivity index (χ2v) is 2.92. The van der Waals surface area contributed by atoms with Crippen molar-refractivity contribution in [2.75, 3.05) is 0 Å². The Hall–Kier alpha value is -1.21. The van der Waals surface area contributed by atoms with Crippen LogP contribution in [0, 0.1) is 6.20 Å². The summed E-state index contributed by atoms with van der Waals surface area (Å²) in [6, 6.07) is 11.5. The smallest absolute Gasteiger partial charge is 0.0697 e. The summed E-state index contributed by atoms with van der Waals surface area (Å²) < 4.78 is 1.91. The summed E-state index contributed by atoms with van der Waals surface area (Å²) in [5.74, 6) is 0. The molecule has 1 radical (unpaired) electrons. The molecule has 0 aliphatic rings. The van der Waals surface area contributed by atoms with Gasteiger partial charge in [0.2, 0.25) is 0 Å². The number of aromatic nitrogens is 1. The SMILES string of the molecule is Clc1ccc(-n2[c]ccc2)cc1. The monoisotopic (exact) mass is 176 g/mol. The van der Waals surface area contributed by atoms with Crippen molar-refractivity contribution in [1.82, 2.24) is 4.57 Å². The molecule has 0 aliphatic heterocycles. The minimum Gasteiger partial charge on any atom is -0.315 e. The van der Waals surface area contributed by atoms with Crippen LogP contribution in [0.1, 0.15) is 0 Å². The molecule has 1 aromatic carbocycles. The summed E-state index contributed by atoms with van der Waals surface area (Å²) >= 11 is 5.75. The maximum absolute atomic E-state index is 5.75. The molecule has 12 heavy (non-hydrogen) atoms. The van der Waals surface area contributed by atoms with E-state index in [-0.39, 0.29) is 0 Å². The Kier molecular flexibility index (Phi) is 1.88. The number of hydrogen-bond donors (Lipinski definition) is 0.